The van der Waals surface area contributed by atoms with E-state index < -0.39 is 18.2 Å². The first-order chi connectivity index (χ1) is 13.5. The molecule has 0 bridgehead atoms. The van der Waals surface area contributed by atoms with Crippen LogP contribution in [0.15, 0.2) is 72.8 Å². The molecular weight excluding hydrogens is 352 g/mol. The molecule has 0 fully saturated rings. The second-order valence-electron chi connectivity index (χ2n) is 7.01. The van der Waals surface area contributed by atoms with E-state index in [0.717, 1.165) is 11.1 Å². The molecule has 146 valence electrons. The van der Waals surface area contributed by atoms with E-state index >= 15 is 0 Å². The van der Waals surface area contributed by atoms with Gasteiger partial charge in [0.1, 0.15) is 0 Å². The van der Waals surface area contributed by atoms with Crippen LogP contribution < -0.4 is 10.6 Å². The third kappa shape index (κ3) is 5.09. The second-order valence-corrected chi connectivity index (χ2v) is 7.01. The van der Waals surface area contributed by atoms with Gasteiger partial charge in [-0.25, -0.2) is 4.79 Å². The minimum atomic E-state index is -1.14. The lowest BCUT2D eigenvalue weighted by molar-refractivity contribution is 0.115. The summed E-state index contributed by atoms with van der Waals surface area (Å²) >= 11 is 0. The first kappa shape index (κ1) is 19.9. The highest BCUT2D eigenvalue weighted by Gasteiger charge is 2.22. The van der Waals surface area contributed by atoms with Gasteiger partial charge in [0, 0.05) is 12.6 Å². The number of aliphatic hydroxyl groups is 1. The Bertz CT molecular complexity index is 909. The summed E-state index contributed by atoms with van der Waals surface area (Å²) in [4.78, 5) is 11.2. The lowest BCUT2D eigenvalue weighted by Gasteiger charge is -2.25. The molecule has 0 saturated heterocycles. The van der Waals surface area contributed by atoms with Crippen molar-refractivity contribution in [2.24, 2.45) is 0 Å². The van der Waals surface area contributed by atoms with Crippen LogP contribution in [-0.4, -0.2) is 35.0 Å². The topological polar surface area (TPSA) is 81.6 Å². The number of carboxylic acid groups (broad SMARTS) is 1. The highest BCUT2D eigenvalue weighted by molar-refractivity contribution is 5.86. The monoisotopic (exact) mass is 378 g/mol. The van der Waals surface area contributed by atoms with Crippen molar-refractivity contribution in [2.75, 3.05) is 6.54 Å². The number of aliphatic hydroxyl groups excluding tert-OH is 1. The summed E-state index contributed by atoms with van der Waals surface area (Å²) in [7, 11) is 0. The minimum absolute atomic E-state index is 0.0166. The van der Waals surface area contributed by atoms with Crippen molar-refractivity contribution >= 4 is 16.9 Å². The van der Waals surface area contributed by atoms with Crippen molar-refractivity contribution in [3.05, 3.63) is 83.9 Å². The van der Waals surface area contributed by atoms with Crippen molar-refractivity contribution in [3.8, 4) is 0 Å². The van der Waals surface area contributed by atoms with Crippen LogP contribution in [0.1, 0.15) is 24.1 Å². The van der Waals surface area contributed by atoms with E-state index in [1.807, 2.05) is 55.5 Å². The lowest BCUT2D eigenvalue weighted by atomic mass is 9.98. The predicted octanol–water partition coefficient (Wildman–Crippen LogP) is 3.73. The maximum Gasteiger partial charge on any atom is 0.404 e. The minimum Gasteiger partial charge on any atom is -0.465 e. The molecule has 3 rings (SSSR count). The van der Waals surface area contributed by atoms with Gasteiger partial charge in [-0.1, -0.05) is 72.8 Å². The third-order valence-electron chi connectivity index (χ3n) is 4.99. The Morgan fingerprint density at radius 1 is 0.964 bits per heavy atom. The summed E-state index contributed by atoms with van der Waals surface area (Å²) in [6.07, 6.45) is -1.56. The summed E-state index contributed by atoms with van der Waals surface area (Å²) in [6.45, 7) is 2.33. The van der Waals surface area contributed by atoms with Gasteiger partial charge in [0.15, 0.2) is 0 Å². The van der Waals surface area contributed by atoms with Crippen LogP contribution in [-0.2, 0) is 6.42 Å². The fraction of sp³-hybridized carbons (Fsp3) is 0.261. The van der Waals surface area contributed by atoms with Crippen molar-refractivity contribution in [1.29, 1.82) is 0 Å². The van der Waals surface area contributed by atoms with Crippen molar-refractivity contribution in [1.82, 2.24) is 10.6 Å². The molecule has 0 radical (unpaired) electrons. The molecule has 0 aliphatic rings. The van der Waals surface area contributed by atoms with Gasteiger partial charge in [-0.15, -0.1) is 0 Å². The number of carbonyl (C=O) groups is 1. The van der Waals surface area contributed by atoms with Gasteiger partial charge in [0.05, 0.1) is 12.1 Å². The van der Waals surface area contributed by atoms with E-state index in [4.69, 9.17) is 5.11 Å². The standard InChI is InChI=1S/C23H26N2O3/c1-16(19-13-7-11-18-10-5-6-12-20(18)19)24-15-22(26)21(25-23(27)28)14-17-8-3-2-4-9-17/h2-13,16,21-22,24-26H,14-15H2,1H3,(H,27,28)/t16-,21+,22+/m1/s1. The summed E-state index contributed by atoms with van der Waals surface area (Å²) < 4.78 is 0. The Hall–Kier alpha value is -2.89. The van der Waals surface area contributed by atoms with Gasteiger partial charge in [0.2, 0.25) is 0 Å². The fourth-order valence-electron chi connectivity index (χ4n) is 3.49. The Morgan fingerprint density at radius 3 is 2.39 bits per heavy atom. The van der Waals surface area contributed by atoms with E-state index in [9.17, 15) is 9.90 Å². The van der Waals surface area contributed by atoms with E-state index in [0.29, 0.717) is 6.42 Å². The molecular formula is C23H26N2O3. The van der Waals surface area contributed by atoms with Crippen molar-refractivity contribution in [3.63, 3.8) is 0 Å². The number of hydrogen-bond acceptors (Lipinski definition) is 3. The lowest BCUT2D eigenvalue weighted by Crippen LogP contribution is -2.48. The fourth-order valence-corrected chi connectivity index (χ4v) is 3.49. The van der Waals surface area contributed by atoms with Gasteiger partial charge >= 0.3 is 6.09 Å². The molecule has 0 heterocycles. The number of rotatable bonds is 8. The maximum absolute atomic E-state index is 11.2. The molecule has 5 heteroatoms. The molecule has 3 aromatic carbocycles. The summed E-state index contributed by atoms with van der Waals surface area (Å²) in [5.41, 5.74) is 2.12. The van der Waals surface area contributed by atoms with Crippen LogP contribution in [0.25, 0.3) is 10.8 Å². The van der Waals surface area contributed by atoms with Gasteiger partial charge in [-0.3, -0.25) is 0 Å². The zero-order chi connectivity index (χ0) is 19.9. The Kier molecular flexibility index (Phi) is 6.63. The SMILES string of the molecule is C[C@@H](NC[C@H](O)[C@H](Cc1ccccc1)NC(=O)O)c1cccc2ccccc12. The molecule has 0 unspecified atom stereocenters. The van der Waals surface area contributed by atoms with Gasteiger partial charge in [0.25, 0.3) is 0 Å². The predicted molar refractivity (Wildman–Crippen MR) is 111 cm³/mol. The second kappa shape index (κ2) is 9.35. The van der Waals surface area contributed by atoms with Crippen LogP contribution in [0.5, 0.6) is 0 Å². The summed E-state index contributed by atoms with van der Waals surface area (Å²) in [5, 5.41) is 27.9. The van der Waals surface area contributed by atoms with Crippen molar-refractivity contribution < 1.29 is 15.0 Å². The normalized spacial score (nSPS) is 14.4. The van der Waals surface area contributed by atoms with Crippen LogP contribution >= 0.6 is 0 Å². The smallest absolute Gasteiger partial charge is 0.404 e. The Balaban J connectivity index is 1.67. The zero-order valence-electron chi connectivity index (χ0n) is 15.9. The van der Waals surface area contributed by atoms with Gasteiger partial charge < -0.3 is 20.8 Å². The Labute approximate surface area is 165 Å². The summed E-state index contributed by atoms with van der Waals surface area (Å²) in [6, 6.07) is 23.4. The average Bonchev–Trinajstić information content (AvgIpc) is 2.71. The van der Waals surface area contributed by atoms with Gasteiger partial charge in [-0.05, 0) is 35.2 Å². The molecule has 28 heavy (non-hydrogen) atoms. The number of amides is 1. The first-order valence-electron chi connectivity index (χ1n) is 9.47. The zero-order valence-corrected chi connectivity index (χ0v) is 15.9. The Morgan fingerprint density at radius 2 is 1.64 bits per heavy atom. The van der Waals surface area contributed by atoms with Crippen LogP contribution in [0.2, 0.25) is 0 Å². The van der Waals surface area contributed by atoms with Crippen LogP contribution in [0.4, 0.5) is 4.79 Å². The van der Waals surface area contributed by atoms with E-state index in [1.165, 1.54) is 10.8 Å². The number of fused-ring (bicyclic) bond motifs is 1. The van der Waals surface area contributed by atoms with Crippen LogP contribution in [0, 0.1) is 0 Å². The largest absolute Gasteiger partial charge is 0.465 e. The van der Waals surface area contributed by atoms with Gasteiger partial charge in [-0.2, -0.15) is 0 Å². The average molecular weight is 378 g/mol. The number of hydrogen-bond donors (Lipinski definition) is 4. The maximum atomic E-state index is 11.2. The molecule has 0 aliphatic heterocycles. The quantitative estimate of drug-likeness (QED) is 0.481. The number of nitrogens with one attached hydrogen (secondary N) is 2. The molecule has 0 spiro atoms. The molecule has 5 nitrogen and oxygen atoms in total. The van der Waals surface area contributed by atoms with E-state index in [-0.39, 0.29) is 12.6 Å². The molecule has 4 N–H and O–H groups in total. The molecule has 3 aromatic rings. The third-order valence-corrected chi connectivity index (χ3v) is 4.99. The molecule has 1 amide bonds. The van der Waals surface area contributed by atoms with Crippen molar-refractivity contribution in [2.45, 2.75) is 31.5 Å². The van der Waals surface area contributed by atoms with E-state index in [1.54, 1.807) is 0 Å². The molecule has 0 aliphatic carbocycles. The van der Waals surface area contributed by atoms with Crippen LogP contribution in [0.3, 0.4) is 0 Å². The molecule has 0 aromatic heterocycles. The molecule has 0 saturated carbocycles. The highest BCUT2D eigenvalue weighted by atomic mass is 16.4. The number of benzene rings is 3. The molecule has 3 atom stereocenters. The summed E-state index contributed by atoms with van der Waals surface area (Å²) in [5.74, 6) is 0. The highest BCUT2D eigenvalue weighted by Crippen LogP contribution is 2.24. The van der Waals surface area contributed by atoms with E-state index in [2.05, 4.69) is 34.9 Å². The first-order valence-corrected chi connectivity index (χ1v) is 9.47.